The Morgan fingerprint density at radius 1 is 0.875 bits per heavy atom. The third-order valence-electron chi connectivity index (χ3n) is 5.86. The molecule has 1 unspecified atom stereocenters. The highest BCUT2D eigenvalue weighted by atomic mass is 31.2. The van der Waals surface area contributed by atoms with E-state index in [0.717, 1.165) is 0 Å². The summed E-state index contributed by atoms with van der Waals surface area (Å²) in [6, 6.07) is 9.04. The van der Waals surface area contributed by atoms with Crippen molar-refractivity contribution < 1.29 is 0 Å². The van der Waals surface area contributed by atoms with Crippen LogP contribution in [0.1, 0.15) is 52.7 Å². The van der Waals surface area contributed by atoms with E-state index in [1.807, 2.05) is 4.94 Å². The van der Waals surface area contributed by atoms with Gasteiger partial charge in [0.25, 0.3) is 0 Å². The summed E-state index contributed by atoms with van der Waals surface area (Å²) >= 11 is 0. The number of fused-ring (bicyclic) bond motifs is 3. The Bertz CT molecular complexity index is 718. The van der Waals surface area contributed by atoms with Crippen molar-refractivity contribution in [2.24, 2.45) is 0 Å². The van der Waals surface area contributed by atoms with Gasteiger partial charge in [0.15, 0.2) is 0 Å². The zero-order chi connectivity index (χ0) is 18.1. The van der Waals surface area contributed by atoms with Gasteiger partial charge in [-0.3, -0.25) is 0 Å². The highest BCUT2D eigenvalue weighted by Crippen LogP contribution is 2.93. The largest absolute Gasteiger partial charge is 0.123 e. The third-order valence-corrected chi connectivity index (χ3v) is 17.1. The number of allylic oxidation sites excluding steroid dienone is 2. The summed E-state index contributed by atoms with van der Waals surface area (Å²) in [5, 5.41) is 0.706. The van der Waals surface area contributed by atoms with E-state index in [4.69, 9.17) is 0 Å². The molecule has 0 amide bonds. The van der Waals surface area contributed by atoms with Crippen LogP contribution in [-0.2, 0) is 0 Å². The van der Waals surface area contributed by atoms with E-state index in [0.29, 0.717) is 16.0 Å². The zero-order valence-corrected chi connectivity index (χ0v) is 18.9. The predicted molar refractivity (Wildman–Crippen MR) is 116 cm³/mol. The van der Waals surface area contributed by atoms with Gasteiger partial charge in [0.1, 0.15) is 13.7 Å². The molecule has 1 aromatic rings. The van der Waals surface area contributed by atoms with E-state index >= 15 is 0 Å². The summed E-state index contributed by atoms with van der Waals surface area (Å²) in [5.41, 5.74) is 5.31. The zero-order valence-electron chi connectivity index (χ0n) is 17.0. The van der Waals surface area contributed by atoms with E-state index in [1.54, 1.807) is 5.57 Å². The Labute approximate surface area is 150 Å². The maximum Gasteiger partial charge on any atom is 0.123 e. The van der Waals surface area contributed by atoms with Crippen molar-refractivity contribution in [3.63, 3.8) is 0 Å². The lowest BCUT2D eigenvalue weighted by molar-refractivity contribution is 0.681. The standard InChI is InChI=1S/C22H34PSi/c1-21(2,3)23(22(4,5)6)18-15-14-16-12-10-11-13-17(16)19(18)20(23)24(7,8)9/h10-15,18H,1-9H3/q+1. The maximum atomic E-state index is 2.57. The van der Waals surface area contributed by atoms with Crippen molar-refractivity contribution in [1.82, 2.24) is 0 Å². The second kappa shape index (κ2) is 5.18. The van der Waals surface area contributed by atoms with Crippen LogP contribution >= 0.6 is 7.26 Å². The molecule has 1 aliphatic heterocycles. The minimum atomic E-state index is -1.41. The van der Waals surface area contributed by atoms with Crippen molar-refractivity contribution in [1.29, 1.82) is 0 Å². The average Bonchev–Trinajstić information content (AvgIpc) is 2.34. The molecule has 1 aromatic carbocycles. The topological polar surface area (TPSA) is 0 Å². The minimum absolute atomic E-state index is 0.353. The molecule has 0 radical (unpaired) electrons. The molecule has 1 heterocycles. The molecule has 0 nitrogen and oxygen atoms in total. The summed E-state index contributed by atoms with van der Waals surface area (Å²) in [5.74, 6) is 0. The van der Waals surface area contributed by atoms with Crippen LogP contribution in [0.25, 0.3) is 11.6 Å². The van der Waals surface area contributed by atoms with Gasteiger partial charge in [0.05, 0.1) is 22.5 Å². The van der Waals surface area contributed by atoms with E-state index in [1.165, 1.54) is 11.1 Å². The molecule has 2 aliphatic rings. The van der Waals surface area contributed by atoms with Gasteiger partial charge in [-0.2, -0.15) is 0 Å². The van der Waals surface area contributed by atoms with Crippen LogP contribution in [0.4, 0.5) is 0 Å². The molecule has 130 valence electrons. The first-order chi connectivity index (χ1) is 10.8. The van der Waals surface area contributed by atoms with Gasteiger partial charge in [-0.15, -0.1) is 0 Å². The number of rotatable bonds is 1. The van der Waals surface area contributed by atoms with E-state index in [-0.39, 0.29) is 0 Å². The molecule has 0 aromatic heterocycles. The second-order valence-electron chi connectivity index (χ2n) is 10.5. The van der Waals surface area contributed by atoms with E-state index in [9.17, 15) is 0 Å². The van der Waals surface area contributed by atoms with E-state index in [2.05, 4.69) is 97.6 Å². The molecule has 0 saturated carbocycles. The average molecular weight is 358 g/mol. The van der Waals surface area contributed by atoms with Crippen molar-refractivity contribution in [2.75, 3.05) is 0 Å². The summed E-state index contributed by atoms with van der Waals surface area (Å²) < 4.78 is 0. The van der Waals surface area contributed by atoms with Gasteiger partial charge in [0.2, 0.25) is 0 Å². The summed E-state index contributed by atoms with van der Waals surface area (Å²) in [6.07, 6.45) is 4.96. The second-order valence-corrected chi connectivity index (χ2v) is 21.0. The first-order valence-electron chi connectivity index (χ1n) is 9.25. The van der Waals surface area contributed by atoms with Gasteiger partial charge < -0.3 is 0 Å². The third kappa shape index (κ3) is 2.20. The Morgan fingerprint density at radius 2 is 1.42 bits per heavy atom. The molecular formula is C22H34PSi+. The van der Waals surface area contributed by atoms with Crippen LogP contribution in [0.2, 0.25) is 19.6 Å². The van der Waals surface area contributed by atoms with Gasteiger partial charge in [-0.25, -0.2) is 0 Å². The van der Waals surface area contributed by atoms with Gasteiger partial charge in [0, 0.05) is 5.57 Å². The maximum absolute atomic E-state index is 2.57. The summed E-state index contributed by atoms with van der Waals surface area (Å²) in [7, 11) is -2.71. The smallest absolute Gasteiger partial charge is 0.0625 e. The Kier molecular flexibility index (Phi) is 3.92. The Hall–Kier alpha value is -0.653. The van der Waals surface area contributed by atoms with Crippen molar-refractivity contribution in [2.45, 2.75) is 77.2 Å². The fourth-order valence-electron chi connectivity index (χ4n) is 5.64. The summed E-state index contributed by atoms with van der Waals surface area (Å²) in [6.45, 7) is 22.8. The highest BCUT2D eigenvalue weighted by molar-refractivity contribution is 7.88. The molecule has 2 heteroatoms. The summed E-state index contributed by atoms with van der Waals surface area (Å²) in [4.78, 5) is 1.93. The molecular weight excluding hydrogens is 323 g/mol. The lowest BCUT2D eigenvalue weighted by atomic mass is 9.92. The van der Waals surface area contributed by atoms with Crippen molar-refractivity contribution in [3.8, 4) is 0 Å². The number of hydrogen-bond acceptors (Lipinski definition) is 0. The van der Waals surface area contributed by atoms with Crippen LogP contribution in [0.15, 0.2) is 35.3 Å². The normalized spacial score (nSPS) is 22.8. The molecule has 3 rings (SSSR count). The predicted octanol–water partition coefficient (Wildman–Crippen LogP) is 7.30. The lowest BCUT2D eigenvalue weighted by Crippen LogP contribution is -2.52. The van der Waals surface area contributed by atoms with Gasteiger partial charge >= 0.3 is 0 Å². The van der Waals surface area contributed by atoms with Gasteiger partial charge in [-0.1, -0.05) is 50.0 Å². The SMILES string of the molecule is CC(C)(C)[P+]1(C(C)(C)C)C([Si](C)(C)C)=C2c3ccccc3C=CC21. The Morgan fingerprint density at radius 3 is 1.92 bits per heavy atom. The molecule has 24 heavy (non-hydrogen) atoms. The lowest BCUT2D eigenvalue weighted by Gasteiger charge is -2.61. The molecule has 0 saturated heterocycles. The van der Waals surface area contributed by atoms with Crippen LogP contribution in [-0.4, -0.2) is 24.0 Å². The number of hydrogen-bond donors (Lipinski definition) is 0. The van der Waals surface area contributed by atoms with E-state index < -0.39 is 15.3 Å². The Balaban J connectivity index is 2.41. The minimum Gasteiger partial charge on any atom is -0.0625 e. The van der Waals surface area contributed by atoms with Gasteiger partial charge in [-0.05, 0) is 58.7 Å². The van der Waals surface area contributed by atoms with Crippen LogP contribution in [0.5, 0.6) is 0 Å². The first kappa shape index (κ1) is 18.1. The number of benzene rings is 1. The monoisotopic (exact) mass is 357 g/mol. The fraction of sp³-hybridized carbons (Fsp3) is 0.545. The van der Waals surface area contributed by atoms with Crippen LogP contribution < -0.4 is 0 Å². The quantitative estimate of drug-likeness (QED) is 0.365. The molecule has 0 fully saturated rings. The van der Waals surface area contributed by atoms with Crippen molar-refractivity contribution >= 4 is 27.0 Å². The van der Waals surface area contributed by atoms with Crippen molar-refractivity contribution in [3.05, 3.63) is 46.4 Å². The molecule has 1 atom stereocenters. The van der Waals surface area contributed by atoms with Crippen LogP contribution in [0.3, 0.4) is 0 Å². The fourth-order valence-corrected chi connectivity index (χ4v) is 20.3. The first-order valence-corrected chi connectivity index (χ1v) is 14.6. The highest BCUT2D eigenvalue weighted by Gasteiger charge is 2.74. The molecule has 0 bridgehead atoms. The molecule has 0 spiro atoms. The van der Waals surface area contributed by atoms with Crippen LogP contribution in [0, 0.1) is 0 Å². The molecule has 0 N–H and O–H groups in total. The molecule has 1 aliphatic carbocycles.